The van der Waals surface area contributed by atoms with Gasteiger partial charge in [-0.05, 0) is 19.1 Å². The van der Waals surface area contributed by atoms with Gasteiger partial charge in [0.25, 0.3) is 5.91 Å². The predicted molar refractivity (Wildman–Crippen MR) is 119 cm³/mol. The maximum absolute atomic E-state index is 14.3. The van der Waals surface area contributed by atoms with Crippen LogP contribution in [0, 0.1) is 17.6 Å². The minimum atomic E-state index is -1.56. The van der Waals surface area contributed by atoms with Crippen LogP contribution in [0.15, 0.2) is 36.5 Å². The number of halogens is 2. The van der Waals surface area contributed by atoms with E-state index in [0.717, 1.165) is 6.20 Å². The summed E-state index contributed by atoms with van der Waals surface area (Å²) in [4.78, 5) is 38.6. The van der Waals surface area contributed by atoms with Crippen LogP contribution in [0.2, 0.25) is 0 Å². The van der Waals surface area contributed by atoms with Crippen molar-refractivity contribution in [3.8, 4) is 11.5 Å². The average Bonchev–Trinajstić information content (AvgIpc) is 3.34. The lowest BCUT2D eigenvalue weighted by atomic mass is 9.80. The van der Waals surface area contributed by atoms with Gasteiger partial charge in [0.15, 0.2) is 17.1 Å². The van der Waals surface area contributed by atoms with Crippen LogP contribution in [-0.4, -0.2) is 43.7 Å². The molecule has 2 atom stereocenters. The van der Waals surface area contributed by atoms with Crippen molar-refractivity contribution in [3.05, 3.63) is 59.3 Å². The van der Waals surface area contributed by atoms with Gasteiger partial charge in [-0.1, -0.05) is 18.2 Å². The summed E-state index contributed by atoms with van der Waals surface area (Å²) in [5, 5.41) is 10.1. The number of rotatable bonds is 4. The first kappa shape index (κ1) is 21.2. The minimum Gasteiger partial charge on any atom is -0.363 e. The standard InChI is InChI=1S/C23H17F2N7O3/c1-10-21(33)29-17-15-18(30-22(34)23(10,15)35-2)28-19(27-17)16-13-7-12(24)8-26-20(13)32(31-16)9-11-5-3-4-6-14(11)25/h3-8,10H,9H2,1-2H3,(H2,27,28,29,30,33,34). The second kappa shape index (κ2) is 7.34. The molecule has 0 spiro atoms. The molecule has 176 valence electrons. The number of carbonyl (C=O) groups excluding carboxylic acids is 2. The molecule has 0 bridgehead atoms. The largest absolute Gasteiger partial charge is 0.363 e. The number of hydrogen-bond donors (Lipinski definition) is 2. The highest BCUT2D eigenvalue weighted by atomic mass is 19.1. The Bertz CT molecular complexity index is 1570. The van der Waals surface area contributed by atoms with Crippen LogP contribution in [0.5, 0.6) is 0 Å². The molecular weight excluding hydrogens is 460 g/mol. The van der Waals surface area contributed by atoms with E-state index in [-0.39, 0.29) is 40.7 Å². The molecule has 2 N–H and O–H groups in total. The molecule has 0 radical (unpaired) electrons. The number of ether oxygens (including phenoxy) is 1. The van der Waals surface area contributed by atoms with Crippen molar-refractivity contribution in [2.24, 2.45) is 5.92 Å². The number of nitrogens with zero attached hydrogens (tertiary/aromatic N) is 5. The number of benzene rings is 1. The molecule has 1 aromatic carbocycles. The quantitative estimate of drug-likeness (QED) is 0.463. The predicted octanol–water partition coefficient (Wildman–Crippen LogP) is 2.60. The molecule has 0 saturated heterocycles. The molecule has 10 nitrogen and oxygen atoms in total. The van der Waals surface area contributed by atoms with Crippen molar-refractivity contribution < 1.29 is 23.1 Å². The lowest BCUT2D eigenvalue weighted by molar-refractivity contribution is -0.151. The molecule has 3 aromatic heterocycles. The highest BCUT2D eigenvalue weighted by molar-refractivity contribution is 6.13. The van der Waals surface area contributed by atoms with E-state index in [0.29, 0.717) is 11.1 Å². The Morgan fingerprint density at radius 2 is 1.89 bits per heavy atom. The number of anilines is 2. The van der Waals surface area contributed by atoms with Crippen molar-refractivity contribution in [2.75, 3.05) is 17.7 Å². The molecule has 0 saturated carbocycles. The van der Waals surface area contributed by atoms with Crippen molar-refractivity contribution in [1.82, 2.24) is 24.7 Å². The molecule has 12 heteroatoms. The number of carbonyl (C=O) groups is 2. The van der Waals surface area contributed by atoms with Gasteiger partial charge in [0.2, 0.25) is 5.91 Å². The third-order valence-corrected chi connectivity index (χ3v) is 6.46. The Labute approximate surface area is 196 Å². The average molecular weight is 477 g/mol. The molecule has 2 amide bonds. The molecule has 6 rings (SSSR count). The van der Waals surface area contributed by atoms with Gasteiger partial charge in [-0.2, -0.15) is 5.10 Å². The van der Waals surface area contributed by atoms with E-state index in [9.17, 15) is 18.4 Å². The molecule has 2 unspecified atom stereocenters. The number of aromatic nitrogens is 5. The normalized spacial score (nSPS) is 20.6. The maximum Gasteiger partial charge on any atom is 0.263 e. The first-order chi connectivity index (χ1) is 16.8. The van der Waals surface area contributed by atoms with Crippen molar-refractivity contribution in [2.45, 2.75) is 19.1 Å². The maximum atomic E-state index is 14.3. The number of fused-ring (bicyclic) bond motifs is 1. The number of amides is 2. The van der Waals surface area contributed by atoms with Crippen LogP contribution in [0.25, 0.3) is 22.6 Å². The number of methoxy groups -OCH3 is 1. The summed E-state index contributed by atoms with van der Waals surface area (Å²) >= 11 is 0. The fourth-order valence-corrected chi connectivity index (χ4v) is 4.70. The van der Waals surface area contributed by atoms with E-state index in [1.165, 1.54) is 23.9 Å². The number of hydrogen-bond acceptors (Lipinski definition) is 7. The Kier molecular flexibility index (Phi) is 4.45. The molecule has 5 heterocycles. The van der Waals surface area contributed by atoms with Gasteiger partial charge < -0.3 is 15.4 Å². The van der Waals surface area contributed by atoms with Gasteiger partial charge in [0.05, 0.1) is 29.6 Å². The summed E-state index contributed by atoms with van der Waals surface area (Å²) < 4.78 is 35.4. The Hall–Kier alpha value is -4.32. The lowest BCUT2D eigenvalue weighted by Crippen LogP contribution is -2.50. The highest BCUT2D eigenvalue weighted by Gasteiger charge is 2.59. The third-order valence-electron chi connectivity index (χ3n) is 6.46. The van der Waals surface area contributed by atoms with Gasteiger partial charge in [0.1, 0.15) is 29.0 Å². The molecule has 2 aliphatic heterocycles. The third kappa shape index (κ3) is 2.89. The van der Waals surface area contributed by atoms with Crippen LogP contribution in [-0.2, 0) is 26.5 Å². The molecule has 4 aromatic rings. The van der Waals surface area contributed by atoms with Gasteiger partial charge >= 0.3 is 0 Å². The Morgan fingerprint density at radius 1 is 1.14 bits per heavy atom. The zero-order chi connectivity index (χ0) is 24.5. The van der Waals surface area contributed by atoms with Crippen LogP contribution in [0.3, 0.4) is 0 Å². The smallest absolute Gasteiger partial charge is 0.263 e. The fourth-order valence-electron chi connectivity index (χ4n) is 4.70. The van der Waals surface area contributed by atoms with Gasteiger partial charge in [-0.25, -0.2) is 28.4 Å². The van der Waals surface area contributed by atoms with E-state index in [2.05, 4.69) is 30.7 Å². The zero-order valence-corrected chi connectivity index (χ0v) is 18.5. The van der Waals surface area contributed by atoms with E-state index in [4.69, 9.17) is 4.74 Å². The summed E-state index contributed by atoms with van der Waals surface area (Å²) in [5.41, 5.74) is -0.446. The summed E-state index contributed by atoms with van der Waals surface area (Å²) in [6.45, 7) is 1.61. The van der Waals surface area contributed by atoms with Gasteiger partial charge in [0, 0.05) is 12.7 Å². The van der Waals surface area contributed by atoms with E-state index in [1.54, 1.807) is 25.1 Å². The minimum absolute atomic E-state index is 0.0190. The molecule has 2 aliphatic rings. The molecular formula is C23H17F2N7O3. The highest BCUT2D eigenvalue weighted by Crippen LogP contribution is 2.49. The Morgan fingerprint density at radius 3 is 2.63 bits per heavy atom. The van der Waals surface area contributed by atoms with Crippen molar-refractivity contribution >= 4 is 34.5 Å². The molecule has 35 heavy (non-hydrogen) atoms. The van der Waals surface area contributed by atoms with E-state index in [1.807, 2.05) is 0 Å². The number of pyridine rings is 1. The van der Waals surface area contributed by atoms with Crippen LogP contribution >= 0.6 is 0 Å². The van der Waals surface area contributed by atoms with Crippen molar-refractivity contribution in [1.29, 1.82) is 0 Å². The SMILES string of the molecule is COC12C(=O)Nc3nc(-c4nn(Cc5ccccc5F)c5ncc(F)cc45)nc(c31)NC(=O)C2C. The first-order valence-corrected chi connectivity index (χ1v) is 10.7. The summed E-state index contributed by atoms with van der Waals surface area (Å²) in [5.74, 6) is -2.57. The topological polar surface area (TPSA) is 124 Å². The lowest BCUT2D eigenvalue weighted by Gasteiger charge is -2.35. The molecule has 0 fully saturated rings. The zero-order valence-electron chi connectivity index (χ0n) is 18.5. The first-order valence-electron chi connectivity index (χ1n) is 10.7. The van der Waals surface area contributed by atoms with Crippen LogP contribution in [0.1, 0.15) is 18.1 Å². The second-order valence-corrected chi connectivity index (χ2v) is 8.35. The van der Waals surface area contributed by atoms with Crippen LogP contribution in [0.4, 0.5) is 20.4 Å². The van der Waals surface area contributed by atoms with Crippen LogP contribution < -0.4 is 10.6 Å². The molecule has 0 aliphatic carbocycles. The fraction of sp³-hybridized carbons (Fsp3) is 0.217. The van der Waals surface area contributed by atoms with E-state index >= 15 is 0 Å². The van der Waals surface area contributed by atoms with E-state index < -0.39 is 35.0 Å². The van der Waals surface area contributed by atoms with Gasteiger partial charge in [-0.15, -0.1) is 0 Å². The summed E-state index contributed by atoms with van der Waals surface area (Å²) in [7, 11) is 1.34. The summed E-state index contributed by atoms with van der Waals surface area (Å²) in [6.07, 6.45) is 1.04. The monoisotopic (exact) mass is 477 g/mol. The second-order valence-electron chi connectivity index (χ2n) is 8.35. The summed E-state index contributed by atoms with van der Waals surface area (Å²) in [6, 6.07) is 7.44. The van der Waals surface area contributed by atoms with Crippen molar-refractivity contribution in [3.63, 3.8) is 0 Å². The Balaban J connectivity index is 1.55. The number of nitrogens with one attached hydrogen (secondary N) is 2. The van der Waals surface area contributed by atoms with Gasteiger partial charge in [-0.3, -0.25) is 9.59 Å².